The molecule has 2 heterocycles. The third kappa shape index (κ3) is 3.42. The Morgan fingerprint density at radius 2 is 2.00 bits per heavy atom. The van der Waals surface area contributed by atoms with E-state index in [4.69, 9.17) is 11.6 Å². The zero-order valence-electron chi connectivity index (χ0n) is 16.3. The molecule has 1 aliphatic carbocycles. The third-order valence-electron chi connectivity index (χ3n) is 5.85. The average Bonchev–Trinajstić information content (AvgIpc) is 3.42. The Bertz CT molecular complexity index is 1250. The van der Waals surface area contributed by atoms with Crippen molar-refractivity contribution in [2.24, 2.45) is 0 Å². The number of fused-ring (bicyclic) bond motifs is 1. The highest BCUT2D eigenvalue weighted by Crippen LogP contribution is 2.30. The van der Waals surface area contributed by atoms with Gasteiger partial charge in [0.15, 0.2) is 0 Å². The number of aliphatic hydroxyl groups is 1. The standard InChI is InChI=1S/C23H21ClN4O2/c24-19-13-20-18(23(30)27(14-25-20)21-3-1-4-22(21)29)12-16(19)11-15-5-7-17(8-6-15)28-10-2-9-26-28/h2,5-10,12-14,21-22,29H,1,3-4,11H2. The molecule has 152 valence electrons. The number of halogens is 1. The van der Waals surface area contributed by atoms with Gasteiger partial charge in [-0.2, -0.15) is 5.10 Å². The van der Waals surface area contributed by atoms with Gasteiger partial charge in [-0.3, -0.25) is 9.36 Å². The van der Waals surface area contributed by atoms with Crippen LogP contribution in [0.5, 0.6) is 0 Å². The van der Waals surface area contributed by atoms with Crippen LogP contribution in [0.15, 0.2) is 66.0 Å². The second kappa shape index (κ2) is 7.70. The van der Waals surface area contributed by atoms with E-state index in [1.54, 1.807) is 21.5 Å². The van der Waals surface area contributed by atoms with Gasteiger partial charge in [-0.05, 0) is 67.1 Å². The van der Waals surface area contributed by atoms with Gasteiger partial charge in [-0.1, -0.05) is 23.7 Å². The maximum absolute atomic E-state index is 13.1. The van der Waals surface area contributed by atoms with Crippen molar-refractivity contribution in [3.63, 3.8) is 0 Å². The van der Waals surface area contributed by atoms with E-state index in [1.807, 2.05) is 42.6 Å². The Morgan fingerprint density at radius 3 is 2.70 bits per heavy atom. The zero-order chi connectivity index (χ0) is 20.7. The van der Waals surface area contributed by atoms with Crippen LogP contribution in [0.25, 0.3) is 16.6 Å². The lowest BCUT2D eigenvalue weighted by Crippen LogP contribution is -2.29. The zero-order valence-corrected chi connectivity index (χ0v) is 17.0. The van der Waals surface area contributed by atoms with Crippen LogP contribution in [0.1, 0.15) is 36.4 Å². The molecule has 0 amide bonds. The molecule has 0 bridgehead atoms. The first-order chi connectivity index (χ1) is 14.6. The molecule has 0 saturated heterocycles. The van der Waals surface area contributed by atoms with Crippen LogP contribution in [0.4, 0.5) is 0 Å². The van der Waals surface area contributed by atoms with Crippen molar-refractivity contribution in [1.82, 2.24) is 19.3 Å². The molecule has 2 atom stereocenters. The fourth-order valence-corrected chi connectivity index (χ4v) is 4.45. The lowest BCUT2D eigenvalue weighted by molar-refractivity contribution is 0.134. The van der Waals surface area contributed by atoms with E-state index in [9.17, 15) is 9.90 Å². The number of hydrogen-bond donors (Lipinski definition) is 1. The number of rotatable bonds is 4. The van der Waals surface area contributed by atoms with Crippen LogP contribution in [0.2, 0.25) is 5.02 Å². The second-order valence-corrected chi connectivity index (χ2v) is 8.18. The maximum Gasteiger partial charge on any atom is 0.261 e. The molecule has 30 heavy (non-hydrogen) atoms. The molecular formula is C23H21ClN4O2. The molecule has 1 N–H and O–H groups in total. The molecule has 0 spiro atoms. The molecular weight excluding hydrogens is 400 g/mol. The molecule has 0 radical (unpaired) electrons. The Morgan fingerprint density at radius 1 is 1.17 bits per heavy atom. The quantitative estimate of drug-likeness (QED) is 0.543. The normalized spacial score (nSPS) is 18.9. The van der Waals surface area contributed by atoms with Crippen molar-refractivity contribution < 1.29 is 5.11 Å². The molecule has 2 unspecified atom stereocenters. The van der Waals surface area contributed by atoms with Gasteiger partial charge < -0.3 is 5.11 Å². The number of hydrogen-bond acceptors (Lipinski definition) is 4. The van der Waals surface area contributed by atoms with E-state index in [0.717, 1.165) is 36.1 Å². The molecule has 6 nitrogen and oxygen atoms in total. The Balaban J connectivity index is 1.49. The minimum atomic E-state index is -0.498. The molecule has 5 rings (SSSR count). The summed E-state index contributed by atoms with van der Waals surface area (Å²) in [5.74, 6) is 0. The van der Waals surface area contributed by atoms with E-state index in [2.05, 4.69) is 10.1 Å². The van der Waals surface area contributed by atoms with E-state index < -0.39 is 6.10 Å². The Kier molecular flexibility index (Phi) is 4.89. The predicted molar refractivity (Wildman–Crippen MR) is 116 cm³/mol. The van der Waals surface area contributed by atoms with E-state index in [0.29, 0.717) is 22.3 Å². The SMILES string of the molecule is O=c1c2cc(Cc3ccc(-n4cccn4)cc3)c(Cl)cc2ncn1C1CCCC1O. The fourth-order valence-electron chi connectivity index (χ4n) is 4.23. The lowest BCUT2D eigenvalue weighted by Gasteiger charge is -2.18. The fraction of sp³-hybridized carbons (Fsp3) is 0.261. The summed E-state index contributed by atoms with van der Waals surface area (Å²) in [5.41, 5.74) is 3.39. The summed E-state index contributed by atoms with van der Waals surface area (Å²) in [6, 6.07) is 13.4. The summed E-state index contributed by atoms with van der Waals surface area (Å²) in [6.45, 7) is 0. The number of aromatic nitrogens is 4. The van der Waals surface area contributed by atoms with Gasteiger partial charge in [0.25, 0.3) is 5.56 Å². The van der Waals surface area contributed by atoms with Gasteiger partial charge >= 0.3 is 0 Å². The molecule has 0 aliphatic heterocycles. The molecule has 2 aromatic carbocycles. The number of aliphatic hydroxyl groups excluding tert-OH is 1. The van der Waals surface area contributed by atoms with Gasteiger partial charge in [0.2, 0.25) is 0 Å². The predicted octanol–water partition coefficient (Wildman–Crippen LogP) is 3.91. The minimum absolute atomic E-state index is 0.127. The van der Waals surface area contributed by atoms with Crippen LogP contribution in [0, 0.1) is 0 Å². The molecule has 1 saturated carbocycles. The summed E-state index contributed by atoms with van der Waals surface area (Å²) in [5, 5.41) is 15.6. The van der Waals surface area contributed by atoms with Crippen molar-refractivity contribution >= 4 is 22.5 Å². The van der Waals surface area contributed by atoms with E-state index in [-0.39, 0.29) is 11.6 Å². The third-order valence-corrected chi connectivity index (χ3v) is 6.20. The summed E-state index contributed by atoms with van der Waals surface area (Å²) in [6.07, 6.45) is 7.70. The van der Waals surface area contributed by atoms with Crippen LogP contribution >= 0.6 is 11.6 Å². The first kappa shape index (κ1) is 19.0. The van der Waals surface area contributed by atoms with Gasteiger partial charge in [0.05, 0.1) is 35.1 Å². The maximum atomic E-state index is 13.1. The minimum Gasteiger partial charge on any atom is -0.391 e. The first-order valence-electron chi connectivity index (χ1n) is 10.1. The first-order valence-corrected chi connectivity index (χ1v) is 10.4. The highest BCUT2D eigenvalue weighted by Gasteiger charge is 2.28. The average molecular weight is 421 g/mol. The highest BCUT2D eigenvalue weighted by atomic mass is 35.5. The summed E-state index contributed by atoms with van der Waals surface area (Å²) in [4.78, 5) is 17.5. The van der Waals surface area contributed by atoms with Crippen LogP contribution < -0.4 is 5.56 Å². The highest BCUT2D eigenvalue weighted by molar-refractivity contribution is 6.32. The van der Waals surface area contributed by atoms with Gasteiger partial charge in [-0.25, -0.2) is 9.67 Å². The van der Waals surface area contributed by atoms with Crippen molar-refractivity contribution in [2.45, 2.75) is 37.8 Å². The smallest absolute Gasteiger partial charge is 0.261 e. The summed E-state index contributed by atoms with van der Waals surface area (Å²) >= 11 is 6.51. The second-order valence-electron chi connectivity index (χ2n) is 7.78. The van der Waals surface area contributed by atoms with Gasteiger partial charge in [0.1, 0.15) is 0 Å². The monoisotopic (exact) mass is 420 g/mol. The van der Waals surface area contributed by atoms with Crippen molar-refractivity contribution in [3.8, 4) is 5.69 Å². The van der Waals surface area contributed by atoms with Gasteiger partial charge in [0, 0.05) is 17.4 Å². The van der Waals surface area contributed by atoms with Gasteiger partial charge in [-0.15, -0.1) is 0 Å². The Hall–Kier alpha value is -2.96. The van der Waals surface area contributed by atoms with E-state index >= 15 is 0 Å². The van der Waals surface area contributed by atoms with Crippen LogP contribution in [-0.4, -0.2) is 30.5 Å². The van der Waals surface area contributed by atoms with Crippen LogP contribution in [0.3, 0.4) is 0 Å². The van der Waals surface area contributed by atoms with Crippen molar-refractivity contribution in [2.75, 3.05) is 0 Å². The van der Waals surface area contributed by atoms with Crippen LogP contribution in [-0.2, 0) is 6.42 Å². The van der Waals surface area contributed by atoms with Crippen molar-refractivity contribution in [1.29, 1.82) is 0 Å². The molecule has 4 aromatic rings. The van der Waals surface area contributed by atoms with E-state index in [1.165, 1.54) is 6.33 Å². The largest absolute Gasteiger partial charge is 0.391 e. The topological polar surface area (TPSA) is 72.9 Å². The lowest BCUT2D eigenvalue weighted by atomic mass is 10.0. The molecule has 2 aromatic heterocycles. The number of benzene rings is 2. The summed E-state index contributed by atoms with van der Waals surface area (Å²) in [7, 11) is 0. The molecule has 7 heteroatoms. The Labute approximate surface area is 178 Å². The number of nitrogens with zero attached hydrogens (tertiary/aromatic N) is 4. The molecule has 1 aliphatic rings. The molecule has 1 fully saturated rings. The van der Waals surface area contributed by atoms with Crippen molar-refractivity contribution in [3.05, 3.63) is 87.7 Å². The summed E-state index contributed by atoms with van der Waals surface area (Å²) < 4.78 is 3.38.